The summed E-state index contributed by atoms with van der Waals surface area (Å²) in [5.41, 5.74) is 1.41. The smallest absolute Gasteiger partial charge is 0.107 e. The minimum Gasteiger partial charge on any atom is -0.297 e. The number of nitrogens with zero attached hydrogens (tertiary/aromatic N) is 3. The van der Waals surface area contributed by atoms with E-state index in [1.807, 2.05) is 6.20 Å². The zero-order chi connectivity index (χ0) is 13.1. The van der Waals surface area contributed by atoms with Gasteiger partial charge < -0.3 is 0 Å². The first-order valence-corrected chi connectivity index (χ1v) is 7.57. The second-order valence-corrected chi connectivity index (χ2v) is 6.05. The van der Waals surface area contributed by atoms with Crippen LogP contribution in [0.3, 0.4) is 0 Å². The highest BCUT2D eigenvalue weighted by Gasteiger charge is 2.25. The fourth-order valence-corrected chi connectivity index (χ4v) is 3.29. The predicted octanol–water partition coefficient (Wildman–Crippen LogP) is 2.63. The molecular weight excluding hydrogens is 254 g/mol. The Bertz CT molecular complexity index is 497. The van der Waals surface area contributed by atoms with E-state index in [-0.39, 0.29) is 0 Å². The highest BCUT2D eigenvalue weighted by Crippen LogP contribution is 2.24. The number of hydrogen-bond donors (Lipinski definition) is 0. The topological polar surface area (TPSA) is 19.4 Å². The summed E-state index contributed by atoms with van der Waals surface area (Å²) in [5.74, 6) is 0. The van der Waals surface area contributed by atoms with Crippen molar-refractivity contribution in [2.45, 2.75) is 12.6 Å². The summed E-state index contributed by atoms with van der Waals surface area (Å²) in [7, 11) is 2.22. The van der Waals surface area contributed by atoms with Gasteiger partial charge in [-0.3, -0.25) is 9.80 Å². The van der Waals surface area contributed by atoms with E-state index in [4.69, 9.17) is 0 Å². The van der Waals surface area contributed by atoms with Gasteiger partial charge in [-0.1, -0.05) is 30.3 Å². The van der Waals surface area contributed by atoms with Crippen molar-refractivity contribution < 1.29 is 0 Å². The summed E-state index contributed by atoms with van der Waals surface area (Å²) in [6.07, 6.45) is 1.89. The lowest BCUT2D eigenvalue weighted by Crippen LogP contribution is -2.46. The van der Waals surface area contributed by atoms with Crippen molar-refractivity contribution in [1.29, 1.82) is 0 Å². The molecule has 1 saturated heterocycles. The quantitative estimate of drug-likeness (QED) is 0.857. The Labute approximate surface area is 118 Å². The third kappa shape index (κ3) is 3.03. The molecule has 19 heavy (non-hydrogen) atoms. The molecule has 1 aromatic carbocycles. The minimum absolute atomic E-state index is 0.495. The van der Waals surface area contributed by atoms with E-state index in [1.165, 1.54) is 10.6 Å². The summed E-state index contributed by atoms with van der Waals surface area (Å²) in [5, 5.41) is 3.27. The van der Waals surface area contributed by atoms with Crippen LogP contribution in [0.1, 0.15) is 16.6 Å². The van der Waals surface area contributed by atoms with Crippen LogP contribution in [0.4, 0.5) is 0 Å². The molecule has 1 aromatic heterocycles. The zero-order valence-electron chi connectivity index (χ0n) is 11.2. The van der Waals surface area contributed by atoms with E-state index in [0.29, 0.717) is 6.04 Å². The summed E-state index contributed by atoms with van der Waals surface area (Å²) >= 11 is 1.75. The number of likely N-dealkylation sites (N-methyl/N-ethyl adjacent to an activating group) is 1. The highest BCUT2D eigenvalue weighted by molar-refractivity contribution is 7.09. The predicted molar refractivity (Wildman–Crippen MR) is 79.2 cm³/mol. The first-order chi connectivity index (χ1) is 9.33. The van der Waals surface area contributed by atoms with Crippen LogP contribution < -0.4 is 0 Å². The molecular formula is C15H19N3S. The number of piperazine rings is 1. The van der Waals surface area contributed by atoms with Crippen molar-refractivity contribution in [1.82, 2.24) is 14.8 Å². The lowest BCUT2D eigenvalue weighted by Gasteiger charge is -2.39. The summed E-state index contributed by atoms with van der Waals surface area (Å²) in [6.45, 7) is 4.30. The van der Waals surface area contributed by atoms with Gasteiger partial charge in [0, 0.05) is 37.3 Å². The number of rotatable bonds is 3. The molecule has 3 nitrogen and oxygen atoms in total. The molecule has 0 unspecified atom stereocenters. The SMILES string of the molecule is CN1CCN(Cc2nccs2)C[C@@H]1c1ccccc1. The molecule has 0 spiro atoms. The Morgan fingerprint density at radius 2 is 2.11 bits per heavy atom. The second-order valence-electron chi connectivity index (χ2n) is 5.07. The second kappa shape index (κ2) is 5.82. The van der Waals surface area contributed by atoms with Crippen LogP contribution in [0.25, 0.3) is 0 Å². The summed E-state index contributed by atoms with van der Waals surface area (Å²) < 4.78 is 0. The molecule has 0 amide bonds. The molecule has 2 aromatic rings. The molecule has 4 heteroatoms. The van der Waals surface area contributed by atoms with E-state index in [9.17, 15) is 0 Å². The number of benzene rings is 1. The average Bonchev–Trinajstić information content (AvgIpc) is 2.95. The molecule has 0 bridgehead atoms. The van der Waals surface area contributed by atoms with Gasteiger partial charge in [0.2, 0.25) is 0 Å². The first-order valence-electron chi connectivity index (χ1n) is 6.69. The van der Waals surface area contributed by atoms with Gasteiger partial charge in [-0.05, 0) is 12.6 Å². The number of thiazole rings is 1. The zero-order valence-corrected chi connectivity index (χ0v) is 12.0. The monoisotopic (exact) mass is 273 g/mol. The molecule has 3 rings (SSSR count). The van der Waals surface area contributed by atoms with Gasteiger partial charge >= 0.3 is 0 Å². The van der Waals surface area contributed by atoms with Crippen molar-refractivity contribution in [3.8, 4) is 0 Å². The summed E-state index contributed by atoms with van der Waals surface area (Å²) in [4.78, 5) is 9.35. The molecule has 2 heterocycles. The van der Waals surface area contributed by atoms with Crippen molar-refractivity contribution in [3.63, 3.8) is 0 Å². The normalized spacial score (nSPS) is 21.6. The highest BCUT2D eigenvalue weighted by atomic mass is 32.1. The molecule has 1 fully saturated rings. The van der Waals surface area contributed by atoms with E-state index >= 15 is 0 Å². The third-order valence-electron chi connectivity index (χ3n) is 3.76. The fraction of sp³-hybridized carbons (Fsp3) is 0.400. The minimum atomic E-state index is 0.495. The van der Waals surface area contributed by atoms with Crippen molar-refractivity contribution in [2.24, 2.45) is 0 Å². The Kier molecular flexibility index (Phi) is 3.92. The molecule has 1 atom stereocenters. The van der Waals surface area contributed by atoms with Gasteiger partial charge in [0.25, 0.3) is 0 Å². The lowest BCUT2D eigenvalue weighted by atomic mass is 10.0. The summed E-state index contributed by atoms with van der Waals surface area (Å²) in [6, 6.07) is 11.3. The molecule has 0 aliphatic carbocycles. The average molecular weight is 273 g/mol. The Morgan fingerprint density at radius 1 is 1.26 bits per heavy atom. The van der Waals surface area contributed by atoms with Gasteiger partial charge in [-0.25, -0.2) is 4.98 Å². The van der Waals surface area contributed by atoms with E-state index in [0.717, 1.165) is 26.2 Å². The maximum Gasteiger partial charge on any atom is 0.107 e. The molecule has 100 valence electrons. The Hall–Kier alpha value is -1.23. The van der Waals surface area contributed by atoms with E-state index in [2.05, 4.69) is 57.5 Å². The van der Waals surface area contributed by atoms with Gasteiger partial charge in [-0.2, -0.15) is 0 Å². The van der Waals surface area contributed by atoms with Crippen LogP contribution in [0.2, 0.25) is 0 Å². The van der Waals surface area contributed by atoms with Crippen LogP contribution in [-0.2, 0) is 6.54 Å². The van der Waals surface area contributed by atoms with Gasteiger partial charge in [0.1, 0.15) is 5.01 Å². The fourth-order valence-electron chi connectivity index (χ4n) is 2.63. The number of aromatic nitrogens is 1. The van der Waals surface area contributed by atoms with Crippen LogP contribution in [0, 0.1) is 0 Å². The molecule has 1 aliphatic heterocycles. The Morgan fingerprint density at radius 3 is 2.84 bits per heavy atom. The maximum atomic E-state index is 4.39. The van der Waals surface area contributed by atoms with Crippen LogP contribution in [0.5, 0.6) is 0 Å². The maximum absolute atomic E-state index is 4.39. The van der Waals surface area contributed by atoms with Gasteiger partial charge in [-0.15, -0.1) is 11.3 Å². The van der Waals surface area contributed by atoms with Crippen LogP contribution >= 0.6 is 11.3 Å². The van der Waals surface area contributed by atoms with Crippen LogP contribution in [-0.4, -0.2) is 41.5 Å². The Balaban J connectivity index is 1.70. The van der Waals surface area contributed by atoms with E-state index in [1.54, 1.807) is 11.3 Å². The van der Waals surface area contributed by atoms with Crippen molar-refractivity contribution in [3.05, 3.63) is 52.5 Å². The van der Waals surface area contributed by atoms with Crippen molar-refractivity contribution in [2.75, 3.05) is 26.7 Å². The third-order valence-corrected chi connectivity index (χ3v) is 4.52. The standard InChI is InChI=1S/C15H19N3S/c1-17-8-9-18(12-15-16-7-10-19-15)11-14(17)13-5-3-2-4-6-13/h2-7,10,14H,8-9,11-12H2,1H3/t14-/m1/s1. The molecule has 0 N–H and O–H groups in total. The van der Waals surface area contributed by atoms with E-state index < -0.39 is 0 Å². The first kappa shape index (κ1) is 12.8. The molecule has 0 saturated carbocycles. The lowest BCUT2D eigenvalue weighted by molar-refractivity contribution is 0.0904. The van der Waals surface area contributed by atoms with Gasteiger partial charge in [0.15, 0.2) is 0 Å². The van der Waals surface area contributed by atoms with Gasteiger partial charge in [0.05, 0.1) is 6.54 Å². The largest absolute Gasteiger partial charge is 0.297 e. The van der Waals surface area contributed by atoms with Crippen LogP contribution in [0.15, 0.2) is 41.9 Å². The molecule has 1 aliphatic rings. The van der Waals surface area contributed by atoms with Crippen molar-refractivity contribution >= 4 is 11.3 Å². The number of hydrogen-bond acceptors (Lipinski definition) is 4. The molecule has 0 radical (unpaired) electrons.